The van der Waals surface area contributed by atoms with E-state index in [9.17, 15) is 9.59 Å². The molecule has 0 spiro atoms. The fourth-order valence-corrected chi connectivity index (χ4v) is 2.28. The van der Waals surface area contributed by atoms with Crippen LogP contribution >= 0.6 is 0 Å². The summed E-state index contributed by atoms with van der Waals surface area (Å²) in [6, 6.07) is 0. The monoisotopic (exact) mass is 238 g/mol. The minimum Gasteiger partial charge on any atom is -0.349 e. The molecule has 1 aromatic rings. The van der Waals surface area contributed by atoms with Crippen LogP contribution < -0.4 is 21.0 Å². The molecule has 0 aromatic carbocycles. The third-order valence-electron chi connectivity index (χ3n) is 2.92. The lowest BCUT2D eigenvalue weighted by Gasteiger charge is -2.22. The standard InChI is InChI=1S/C11H18N4O2/c1-7(2)5-15-6-13(3)8-9(16)12-11(17)14(4)10(8)15/h7H,5-6H2,1-4H3,(H,12,16,17). The van der Waals surface area contributed by atoms with E-state index in [0.29, 0.717) is 18.3 Å². The van der Waals surface area contributed by atoms with Gasteiger partial charge in [0.25, 0.3) is 5.56 Å². The number of hydrogen-bond acceptors (Lipinski definition) is 4. The maximum atomic E-state index is 11.8. The summed E-state index contributed by atoms with van der Waals surface area (Å²) in [6.45, 7) is 5.70. The van der Waals surface area contributed by atoms with Gasteiger partial charge < -0.3 is 9.80 Å². The van der Waals surface area contributed by atoms with E-state index >= 15 is 0 Å². The molecule has 0 radical (unpaired) electrons. The Morgan fingerprint density at radius 1 is 1.29 bits per heavy atom. The van der Waals surface area contributed by atoms with Crippen molar-refractivity contribution in [2.75, 3.05) is 30.1 Å². The molecular weight excluding hydrogens is 220 g/mol. The van der Waals surface area contributed by atoms with E-state index in [-0.39, 0.29) is 11.2 Å². The van der Waals surface area contributed by atoms with E-state index in [1.54, 1.807) is 7.05 Å². The van der Waals surface area contributed by atoms with Crippen LogP contribution in [-0.4, -0.2) is 29.8 Å². The first kappa shape index (κ1) is 11.8. The van der Waals surface area contributed by atoms with Gasteiger partial charge in [-0.15, -0.1) is 0 Å². The van der Waals surface area contributed by atoms with Crippen LogP contribution in [0.1, 0.15) is 13.8 Å². The third-order valence-corrected chi connectivity index (χ3v) is 2.92. The van der Waals surface area contributed by atoms with Crippen molar-refractivity contribution in [1.29, 1.82) is 0 Å². The number of rotatable bonds is 2. The zero-order valence-corrected chi connectivity index (χ0v) is 10.6. The molecule has 1 aromatic heterocycles. The predicted octanol–water partition coefficient (Wildman–Crippen LogP) is -0.0567. The summed E-state index contributed by atoms with van der Waals surface area (Å²) in [5, 5.41) is 0. The number of fused-ring (bicyclic) bond motifs is 1. The Labute approximate surface area is 99.5 Å². The van der Waals surface area contributed by atoms with Crippen molar-refractivity contribution in [3.63, 3.8) is 0 Å². The molecule has 2 rings (SSSR count). The van der Waals surface area contributed by atoms with Gasteiger partial charge in [-0.05, 0) is 5.92 Å². The summed E-state index contributed by atoms with van der Waals surface area (Å²) < 4.78 is 1.50. The molecule has 2 heterocycles. The molecule has 0 fully saturated rings. The number of anilines is 2. The molecule has 0 bridgehead atoms. The Morgan fingerprint density at radius 3 is 2.53 bits per heavy atom. The molecule has 1 aliphatic heterocycles. The lowest BCUT2D eigenvalue weighted by molar-refractivity contribution is 0.607. The second kappa shape index (κ2) is 3.94. The van der Waals surface area contributed by atoms with Gasteiger partial charge in [-0.2, -0.15) is 0 Å². The van der Waals surface area contributed by atoms with E-state index in [1.165, 1.54) is 4.57 Å². The van der Waals surface area contributed by atoms with Crippen LogP contribution in [-0.2, 0) is 7.05 Å². The summed E-state index contributed by atoms with van der Waals surface area (Å²) in [5.74, 6) is 1.19. The third kappa shape index (κ3) is 1.83. The fraction of sp³-hybridized carbons (Fsp3) is 0.636. The molecule has 6 nitrogen and oxygen atoms in total. The van der Waals surface area contributed by atoms with Crippen LogP contribution in [0.4, 0.5) is 11.5 Å². The van der Waals surface area contributed by atoms with Crippen LogP contribution in [0, 0.1) is 5.92 Å². The van der Waals surface area contributed by atoms with E-state index in [1.807, 2.05) is 11.9 Å². The molecule has 6 heteroatoms. The zero-order chi connectivity index (χ0) is 12.7. The van der Waals surface area contributed by atoms with Gasteiger partial charge >= 0.3 is 5.69 Å². The molecule has 0 atom stereocenters. The van der Waals surface area contributed by atoms with Gasteiger partial charge in [0.05, 0.1) is 6.67 Å². The Hall–Kier alpha value is -1.72. The van der Waals surface area contributed by atoms with Crippen molar-refractivity contribution in [2.24, 2.45) is 13.0 Å². The zero-order valence-electron chi connectivity index (χ0n) is 10.6. The molecule has 0 saturated heterocycles. The number of nitrogens with one attached hydrogen (secondary N) is 1. The highest BCUT2D eigenvalue weighted by molar-refractivity contribution is 5.71. The number of aromatic amines is 1. The van der Waals surface area contributed by atoms with Gasteiger partial charge in [-0.3, -0.25) is 14.3 Å². The van der Waals surface area contributed by atoms with Gasteiger partial charge in [0, 0.05) is 20.6 Å². The molecule has 94 valence electrons. The van der Waals surface area contributed by atoms with Crippen molar-refractivity contribution < 1.29 is 0 Å². The Kier molecular flexibility index (Phi) is 2.73. The highest BCUT2D eigenvalue weighted by Crippen LogP contribution is 2.29. The van der Waals surface area contributed by atoms with Crippen LogP contribution in [0.5, 0.6) is 0 Å². The highest BCUT2D eigenvalue weighted by atomic mass is 16.2. The van der Waals surface area contributed by atoms with Crippen molar-refractivity contribution in [1.82, 2.24) is 9.55 Å². The van der Waals surface area contributed by atoms with Crippen molar-refractivity contribution in [3.8, 4) is 0 Å². The number of H-pyrrole nitrogens is 1. The first-order chi connectivity index (χ1) is 7.91. The van der Waals surface area contributed by atoms with E-state index < -0.39 is 0 Å². The average molecular weight is 238 g/mol. The van der Waals surface area contributed by atoms with Gasteiger partial charge in [-0.1, -0.05) is 13.8 Å². The summed E-state index contributed by atoms with van der Waals surface area (Å²) in [4.78, 5) is 29.7. The molecule has 1 aliphatic rings. The highest BCUT2D eigenvalue weighted by Gasteiger charge is 2.29. The second-order valence-electron chi connectivity index (χ2n) is 4.95. The van der Waals surface area contributed by atoms with Crippen LogP contribution in [0.3, 0.4) is 0 Å². The van der Waals surface area contributed by atoms with Gasteiger partial charge in [0.1, 0.15) is 11.5 Å². The minimum atomic E-state index is -0.363. The van der Waals surface area contributed by atoms with Crippen LogP contribution in [0.2, 0.25) is 0 Å². The maximum Gasteiger partial charge on any atom is 0.329 e. The summed E-state index contributed by atoms with van der Waals surface area (Å²) >= 11 is 0. The summed E-state index contributed by atoms with van der Waals surface area (Å²) in [5.41, 5.74) is -0.0950. The van der Waals surface area contributed by atoms with Crippen LogP contribution in [0.25, 0.3) is 0 Å². The second-order valence-corrected chi connectivity index (χ2v) is 4.95. The topological polar surface area (TPSA) is 61.3 Å². The molecule has 0 unspecified atom stereocenters. The molecule has 1 N–H and O–H groups in total. The van der Waals surface area contributed by atoms with Gasteiger partial charge in [0.2, 0.25) is 0 Å². The molecule has 0 saturated carbocycles. The normalized spacial score (nSPS) is 14.6. The lowest BCUT2D eigenvalue weighted by Crippen LogP contribution is -2.34. The maximum absolute atomic E-state index is 11.8. The number of aromatic nitrogens is 2. The van der Waals surface area contributed by atoms with Crippen molar-refractivity contribution in [2.45, 2.75) is 13.8 Å². The van der Waals surface area contributed by atoms with Gasteiger partial charge in [-0.25, -0.2) is 4.79 Å². The van der Waals surface area contributed by atoms with Crippen LogP contribution in [0.15, 0.2) is 9.59 Å². The van der Waals surface area contributed by atoms with E-state index in [4.69, 9.17) is 0 Å². The Balaban J connectivity index is 2.60. The molecule has 0 amide bonds. The SMILES string of the molecule is CC(C)CN1CN(C)c2c1n(C)c(=O)[nH]c2=O. The quantitative estimate of drug-likeness (QED) is 0.784. The Morgan fingerprint density at radius 2 is 1.94 bits per heavy atom. The molecule has 0 aliphatic carbocycles. The first-order valence-corrected chi connectivity index (χ1v) is 5.71. The summed E-state index contributed by atoms with van der Waals surface area (Å²) in [7, 11) is 3.54. The molecular formula is C11H18N4O2. The Bertz CT molecular complexity index is 543. The number of hydrogen-bond donors (Lipinski definition) is 1. The summed E-state index contributed by atoms with van der Waals surface area (Å²) in [6.07, 6.45) is 0. The predicted molar refractivity (Wildman–Crippen MR) is 67.8 cm³/mol. The van der Waals surface area contributed by atoms with Crippen molar-refractivity contribution >= 4 is 11.5 Å². The van der Waals surface area contributed by atoms with Gasteiger partial charge in [0.15, 0.2) is 0 Å². The average Bonchev–Trinajstić information content (AvgIpc) is 2.51. The van der Waals surface area contributed by atoms with Crippen molar-refractivity contribution in [3.05, 3.63) is 20.8 Å². The van der Waals surface area contributed by atoms with E-state index in [2.05, 4.69) is 23.7 Å². The fourth-order valence-electron chi connectivity index (χ4n) is 2.28. The minimum absolute atomic E-state index is 0.308. The lowest BCUT2D eigenvalue weighted by atomic mass is 10.2. The first-order valence-electron chi connectivity index (χ1n) is 5.71. The number of nitrogens with zero attached hydrogens (tertiary/aromatic N) is 3. The smallest absolute Gasteiger partial charge is 0.329 e. The largest absolute Gasteiger partial charge is 0.349 e. The van der Waals surface area contributed by atoms with E-state index in [0.717, 1.165) is 12.4 Å². The molecule has 17 heavy (non-hydrogen) atoms.